The van der Waals surface area contributed by atoms with Crippen LogP contribution < -0.4 is 0 Å². The predicted molar refractivity (Wildman–Crippen MR) is 129 cm³/mol. The minimum atomic E-state index is -0.436. The van der Waals surface area contributed by atoms with E-state index in [4.69, 9.17) is 4.42 Å². The van der Waals surface area contributed by atoms with Gasteiger partial charge < -0.3 is 4.42 Å². The highest BCUT2D eigenvalue weighted by molar-refractivity contribution is 5.87. The zero-order valence-corrected chi connectivity index (χ0v) is 18.1. The van der Waals surface area contributed by atoms with Crippen LogP contribution in [0.3, 0.4) is 0 Å². The molecule has 0 saturated heterocycles. The molecular weight excluding hydrogens is 448 g/mol. The second-order valence-corrected chi connectivity index (χ2v) is 7.55. The van der Waals surface area contributed by atoms with Gasteiger partial charge in [0.05, 0.1) is 21.0 Å². The van der Waals surface area contributed by atoms with E-state index in [2.05, 4.69) is 10.2 Å². The van der Waals surface area contributed by atoms with E-state index in [1.165, 1.54) is 12.1 Å². The lowest BCUT2D eigenvalue weighted by molar-refractivity contribution is -0.384. The van der Waals surface area contributed by atoms with Gasteiger partial charge in [0.25, 0.3) is 11.4 Å². The number of nitro benzene ring substituents is 2. The quantitative estimate of drug-likeness (QED) is 0.206. The molecule has 0 bridgehead atoms. The number of aromatic nitrogens is 2. The van der Waals surface area contributed by atoms with E-state index in [1.807, 2.05) is 0 Å². The normalized spacial score (nSPS) is 10.7. The molecule has 0 unspecified atom stereocenters. The van der Waals surface area contributed by atoms with E-state index in [0.29, 0.717) is 33.4 Å². The van der Waals surface area contributed by atoms with Crippen LogP contribution >= 0.6 is 0 Å². The van der Waals surface area contributed by atoms with Crippen LogP contribution in [-0.4, -0.2) is 20.0 Å². The maximum Gasteiger partial charge on any atom is 0.277 e. The van der Waals surface area contributed by atoms with E-state index in [-0.39, 0.29) is 23.2 Å². The molecule has 9 nitrogen and oxygen atoms in total. The van der Waals surface area contributed by atoms with Gasteiger partial charge in [0.2, 0.25) is 11.8 Å². The molecule has 1 heterocycles. The molecule has 35 heavy (non-hydrogen) atoms. The van der Waals surface area contributed by atoms with Crippen LogP contribution in [0.15, 0.2) is 101 Å². The first-order valence-electron chi connectivity index (χ1n) is 10.5. The Kier molecular flexibility index (Phi) is 5.56. The van der Waals surface area contributed by atoms with Crippen molar-refractivity contribution < 1.29 is 14.3 Å². The van der Waals surface area contributed by atoms with Gasteiger partial charge in [0, 0.05) is 34.4 Å². The Morgan fingerprint density at radius 3 is 1.17 bits per heavy atom. The van der Waals surface area contributed by atoms with Gasteiger partial charge in [-0.25, -0.2) is 0 Å². The monoisotopic (exact) mass is 464 g/mol. The van der Waals surface area contributed by atoms with Gasteiger partial charge in [-0.2, -0.15) is 0 Å². The lowest BCUT2D eigenvalue weighted by Gasteiger charge is -2.08. The van der Waals surface area contributed by atoms with Crippen molar-refractivity contribution in [2.45, 2.75) is 0 Å². The van der Waals surface area contributed by atoms with Gasteiger partial charge in [-0.05, 0) is 24.3 Å². The first kappa shape index (κ1) is 21.7. The molecule has 0 aliphatic carbocycles. The molecule has 9 heteroatoms. The molecule has 0 atom stereocenters. The zero-order valence-electron chi connectivity index (χ0n) is 18.1. The molecule has 4 aromatic carbocycles. The van der Waals surface area contributed by atoms with Crippen LogP contribution in [0.1, 0.15) is 0 Å². The molecule has 0 spiro atoms. The Labute approximate surface area is 198 Å². The summed E-state index contributed by atoms with van der Waals surface area (Å²) in [7, 11) is 0. The third-order valence-electron chi connectivity index (χ3n) is 5.52. The standard InChI is InChI=1S/C26H16N4O5/c31-29(32)23-15-7-5-11-19(23)17-9-1-3-13-21(17)25-27-28-26(35-25)22-14-4-2-10-18(22)20-12-6-8-16-24(20)30(33)34/h1-16H. The Bertz CT molecular complexity index is 1460. The average molecular weight is 464 g/mol. The van der Waals surface area contributed by atoms with Crippen LogP contribution in [0.4, 0.5) is 11.4 Å². The number of nitro groups is 2. The molecule has 0 amide bonds. The van der Waals surface area contributed by atoms with E-state index in [9.17, 15) is 20.2 Å². The highest BCUT2D eigenvalue weighted by atomic mass is 16.6. The van der Waals surface area contributed by atoms with Gasteiger partial charge in [-0.1, -0.05) is 60.7 Å². The molecule has 0 N–H and O–H groups in total. The van der Waals surface area contributed by atoms with Gasteiger partial charge >= 0.3 is 0 Å². The van der Waals surface area contributed by atoms with Gasteiger partial charge in [-0.3, -0.25) is 20.2 Å². The van der Waals surface area contributed by atoms with Crippen LogP contribution in [0.25, 0.3) is 45.2 Å². The third kappa shape index (κ3) is 4.02. The zero-order chi connectivity index (χ0) is 24.4. The first-order valence-corrected chi connectivity index (χ1v) is 10.5. The van der Waals surface area contributed by atoms with Crippen molar-refractivity contribution in [1.82, 2.24) is 10.2 Å². The van der Waals surface area contributed by atoms with Crippen LogP contribution in [0.2, 0.25) is 0 Å². The second-order valence-electron chi connectivity index (χ2n) is 7.55. The molecule has 1 aromatic heterocycles. The highest BCUT2D eigenvalue weighted by Crippen LogP contribution is 2.39. The van der Waals surface area contributed by atoms with Gasteiger partial charge in [0.15, 0.2) is 0 Å². The summed E-state index contributed by atoms with van der Waals surface area (Å²) < 4.78 is 6.02. The summed E-state index contributed by atoms with van der Waals surface area (Å²) in [5.41, 5.74) is 2.97. The number of hydrogen-bond donors (Lipinski definition) is 0. The van der Waals surface area contributed by atoms with E-state index < -0.39 is 9.85 Å². The number of benzene rings is 4. The summed E-state index contributed by atoms with van der Waals surface area (Å²) >= 11 is 0. The molecule has 170 valence electrons. The molecule has 0 saturated carbocycles. The smallest absolute Gasteiger partial charge is 0.277 e. The summed E-state index contributed by atoms with van der Waals surface area (Å²) in [6.07, 6.45) is 0. The minimum Gasteiger partial charge on any atom is -0.416 e. The topological polar surface area (TPSA) is 125 Å². The van der Waals surface area contributed by atoms with Gasteiger partial charge in [0.1, 0.15) is 0 Å². The Morgan fingerprint density at radius 2 is 0.800 bits per heavy atom. The van der Waals surface area contributed by atoms with Crippen molar-refractivity contribution in [2.24, 2.45) is 0 Å². The van der Waals surface area contributed by atoms with Crippen LogP contribution in [0.5, 0.6) is 0 Å². The molecule has 5 rings (SSSR count). The van der Waals surface area contributed by atoms with E-state index >= 15 is 0 Å². The van der Waals surface area contributed by atoms with Crippen molar-refractivity contribution in [2.75, 3.05) is 0 Å². The first-order chi connectivity index (χ1) is 17.0. The molecule has 0 radical (unpaired) electrons. The molecule has 5 aromatic rings. The number of rotatable bonds is 6. The van der Waals surface area contributed by atoms with Crippen molar-refractivity contribution in [3.05, 3.63) is 117 Å². The number of hydrogen-bond acceptors (Lipinski definition) is 7. The lowest BCUT2D eigenvalue weighted by Crippen LogP contribution is -1.93. The number of nitrogens with zero attached hydrogens (tertiary/aromatic N) is 4. The molecule has 0 aliphatic rings. The molecular formula is C26H16N4O5. The summed E-state index contributed by atoms with van der Waals surface area (Å²) in [6.45, 7) is 0. The fourth-order valence-electron chi connectivity index (χ4n) is 3.97. The number of para-hydroxylation sites is 2. The van der Waals surface area contributed by atoms with Crippen LogP contribution in [0, 0.1) is 20.2 Å². The SMILES string of the molecule is O=[N+]([O-])c1ccccc1-c1ccccc1-c1nnc(-c2ccccc2-c2ccccc2[N+](=O)[O-])o1. The summed E-state index contributed by atoms with van der Waals surface area (Å²) in [6, 6.07) is 27.0. The Balaban J connectivity index is 1.63. The van der Waals surface area contributed by atoms with E-state index in [1.54, 1.807) is 84.9 Å². The summed E-state index contributed by atoms with van der Waals surface area (Å²) in [4.78, 5) is 22.3. The lowest BCUT2D eigenvalue weighted by atomic mass is 9.98. The fourth-order valence-corrected chi connectivity index (χ4v) is 3.97. The maximum atomic E-state index is 11.6. The minimum absolute atomic E-state index is 0.0404. The average Bonchev–Trinajstić information content (AvgIpc) is 3.39. The van der Waals surface area contributed by atoms with Crippen molar-refractivity contribution >= 4 is 11.4 Å². The van der Waals surface area contributed by atoms with E-state index in [0.717, 1.165) is 0 Å². The molecule has 0 fully saturated rings. The summed E-state index contributed by atoms with van der Waals surface area (Å²) in [5, 5.41) is 31.6. The Morgan fingerprint density at radius 1 is 0.486 bits per heavy atom. The van der Waals surface area contributed by atoms with Crippen LogP contribution in [-0.2, 0) is 0 Å². The third-order valence-corrected chi connectivity index (χ3v) is 5.52. The highest BCUT2D eigenvalue weighted by Gasteiger charge is 2.23. The fraction of sp³-hybridized carbons (Fsp3) is 0. The maximum absolute atomic E-state index is 11.6. The summed E-state index contributed by atoms with van der Waals surface area (Å²) in [5.74, 6) is 0.345. The van der Waals surface area contributed by atoms with Crippen molar-refractivity contribution in [3.63, 3.8) is 0 Å². The van der Waals surface area contributed by atoms with Crippen molar-refractivity contribution in [1.29, 1.82) is 0 Å². The predicted octanol–water partition coefficient (Wildman–Crippen LogP) is 6.55. The van der Waals surface area contributed by atoms with Crippen molar-refractivity contribution in [3.8, 4) is 45.2 Å². The Hall–Kier alpha value is -5.18. The van der Waals surface area contributed by atoms with Gasteiger partial charge in [-0.15, -0.1) is 10.2 Å². The largest absolute Gasteiger partial charge is 0.416 e. The molecule has 0 aliphatic heterocycles. The second kappa shape index (κ2) is 8.99.